The van der Waals surface area contributed by atoms with Crippen LogP contribution in [0.5, 0.6) is 0 Å². The Bertz CT molecular complexity index is 474. The highest BCUT2D eigenvalue weighted by molar-refractivity contribution is 7.09. The van der Waals surface area contributed by atoms with Crippen LogP contribution in [0.3, 0.4) is 0 Å². The molecule has 1 heterocycles. The zero-order chi connectivity index (χ0) is 12.3. The largest absolute Gasteiger partial charge is 0.374 e. The third kappa shape index (κ3) is 2.05. The molecular weight excluding hydrogens is 230 g/mol. The summed E-state index contributed by atoms with van der Waals surface area (Å²) in [6.45, 7) is 4.35. The van der Waals surface area contributed by atoms with Crippen LogP contribution in [-0.2, 0) is 5.41 Å². The summed E-state index contributed by atoms with van der Waals surface area (Å²) in [4.78, 5) is 4.39. The van der Waals surface area contributed by atoms with E-state index in [0.29, 0.717) is 5.13 Å². The molecule has 1 aromatic heterocycles. The molecule has 0 aliphatic carbocycles. The van der Waals surface area contributed by atoms with Gasteiger partial charge in [0.1, 0.15) is 0 Å². The smallest absolute Gasteiger partial charge is 0.199 e. The first-order valence-electron chi connectivity index (χ1n) is 5.88. The molecule has 0 atom stereocenters. The SMILES string of the molecule is CCC(CC)(c1ccccc1)c1nsc(N)n1. The fourth-order valence-corrected chi connectivity index (χ4v) is 2.81. The quantitative estimate of drug-likeness (QED) is 0.902. The number of hydrogen-bond donors (Lipinski definition) is 1. The van der Waals surface area contributed by atoms with Crippen molar-refractivity contribution in [1.29, 1.82) is 0 Å². The van der Waals surface area contributed by atoms with Crippen LogP contribution in [0.25, 0.3) is 0 Å². The first-order chi connectivity index (χ1) is 8.23. The number of benzene rings is 1. The summed E-state index contributed by atoms with van der Waals surface area (Å²) >= 11 is 1.27. The molecule has 0 radical (unpaired) electrons. The molecule has 0 bridgehead atoms. The van der Waals surface area contributed by atoms with E-state index in [1.165, 1.54) is 17.1 Å². The number of anilines is 1. The van der Waals surface area contributed by atoms with Gasteiger partial charge in [0, 0.05) is 11.5 Å². The monoisotopic (exact) mass is 247 g/mol. The summed E-state index contributed by atoms with van der Waals surface area (Å²) in [7, 11) is 0. The van der Waals surface area contributed by atoms with Crippen LogP contribution in [0.2, 0.25) is 0 Å². The zero-order valence-corrected chi connectivity index (χ0v) is 11.0. The molecule has 2 rings (SSSR count). The summed E-state index contributed by atoms with van der Waals surface area (Å²) in [6, 6.07) is 10.4. The van der Waals surface area contributed by atoms with Crippen LogP contribution < -0.4 is 5.73 Å². The van der Waals surface area contributed by atoms with Gasteiger partial charge in [-0.2, -0.15) is 4.37 Å². The lowest BCUT2D eigenvalue weighted by Crippen LogP contribution is -2.27. The van der Waals surface area contributed by atoms with Crippen molar-refractivity contribution < 1.29 is 0 Å². The molecule has 0 saturated heterocycles. The van der Waals surface area contributed by atoms with Gasteiger partial charge in [-0.05, 0) is 18.4 Å². The van der Waals surface area contributed by atoms with Gasteiger partial charge in [-0.3, -0.25) is 0 Å². The van der Waals surface area contributed by atoms with Crippen molar-refractivity contribution in [3.63, 3.8) is 0 Å². The molecule has 0 spiro atoms. The molecule has 17 heavy (non-hydrogen) atoms. The van der Waals surface area contributed by atoms with Gasteiger partial charge in [-0.15, -0.1) is 0 Å². The third-order valence-corrected chi connectivity index (χ3v) is 3.95. The van der Waals surface area contributed by atoms with Gasteiger partial charge in [0.15, 0.2) is 11.0 Å². The fourth-order valence-electron chi connectivity index (χ4n) is 2.29. The molecular formula is C13H17N3S. The average Bonchev–Trinajstić information content (AvgIpc) is 2.80. The normalized spacial score (nSPS) is 11.6. The number of hydrogen-bond acceptors (Lipinski definition) is 4. The number of nitrogens with two attached hydrogens (primary N) is 1. The van der Waals surface area contributed by atoms with E-state index in [-0.39, 0.29) is 5.41 Å². The van der Waals surface area contributed by atoms with Gasteiger partial charge in [0.05, 0.1) is 5.41 Å². The molecule has 0 unspecified atom stereocenters. The highest BCUT2D eigenvalue weighted by Gasteiger charge is 2.34. The first-order valence-corrected chi connectivity index (χ1v) is 6.65. The minimum absolute atomic E-state index is 0.102. The molecule has 0 aliphatic heterocycles. The number of nitrogen functional groups attached to an aromatic ring is 1. The van der Waals surface area contributed by atoms with E-state index in [1.54, 1.807) is 0 Å². The minimum atomic E-state index is -0.102. The van der Waals surface area contributed by atoms with Gasteiger partial charge in [0.25, 0.3) is 0 Å². The van der Waals surface area contributed by atoms with Crippen molar-refractivity contribution in [2.24, 2.45) is 0 Å². The van der Waals surface area contributed by atoms with E-state index < -0.39 is 0 Å². The second-order valence-electron chi connectivity index (χ2n) is 4.11. The Kier molecular flexibility index (Phi) is 3.43. The van der Waals surface area contributed by atoms with Crippen molar-refractivity contribution >= 4 is 16.7 Å². The molecule has 3 nitrogen and oxygen atoms in total. The van der Waals surface area contributed by atoms with Crippen LogP contribution >= 0.6 is 11.5 Å². The summed E-state index contributed by atoms with van der Waals surface area (Å²) < 4.78 is 4.41. The summed E-state index contributed by atoms with van der Waals surface area (Å²) in [5.41, 5.74) is 6.87. The topological polar surface area (TPSA) is 51.8 Å². The Balaban J connectivity index is 2.53. The van der Waals surface area contributed by atoms with E-state index >= 15 is 0 Å². The van der Waals surface area contributed by atoms with Gasteiger partial charge < -0.3 is 5.73 Å². The zero-order valence-electron chi connectivity index (χ0n) is 10.2. The Labute approximate surface area is 106 Å². The lowest BCUT2D eigenvalue weighted by Gasteiger charge is -2.29. The third-order valence-electron chi connectivity index (χ3n) is 3.40. The second kappa shape index (κ2) is 4.84. The number of aromatic nitrogens is 2. The Morgan fingerprint density at radius 2 is 1.82 bits per heavy atom. The van der Waals surface area contributed by atoms with Gasteiger partial charge >= 0.3 is 0 Å². The summed E-state index contributed by atoms with van der Waals surface area (Å²) in [5.74, 6) is 0.858. The predicted molar refractivity (Wildman–Crippen MR) is 72.1 cm³/mol. The Morgan fingerprint density at radius 1 is 1.18 bits per heavy atom. The molecule has 1 aromatic carbocycles. The Hall–Kier alpha value is -1.42. The molecule has 2 aromatic rings. The van der Waals surface area contributed by atoms with Crippen molar-refractivity contribution in [1.82, 2.24) is 9.36 Å². The first kappa shape index (κ1) is 12.0. The lowest BCUT2D eigenvalue weighted by molar-refractivity contribution is 0.455. The molecule has 0 saturated carbocycles. The Morgan fingerprint density at radius 3 is 2.29 bits per heavy atom. The maximum atomic E-state index is 5.71. The van der Waals surface area contributed by atoms with Crippen LogP contribution in [0.4, 0.5) is 5.13 Å². The van der Waals surface area contributed by atoms with E-state index in [0.717, 1.165) is 18.7 Å². The lowest BCUT2D eigenvalue weighted by atomic mass is 9.75. The minimum Gasteiger partial charge on any atom is -0.374 e. The average molecular weight is 247 g/mol. The van der Waals surface area contributed by atoms with Crippen molar-refractivity contribution in [2.45, 2.75) is 32.1 Å². The maximum Gasteiger partial charge on any atom is 0.199 e. The standard InChI is InChI=1S/C13H17N3S/c1-3-13(4-2,10-8-6-5-7-9-10)11-15-12(14)17-16-11/h5-9H,3-4H2,1-2H3,(H2,14,15,16). The van der Waals surface area contributed by atoms with Gasteiger partial charge in [-0.1, -0.05) is 44.2 Å². The van der Waals surface area contributed by atoms with E-state index in [1.807, 2.05) is 6.07 Å². The number of nitrogens with zero attached hydrogens (tertiary/aromatic N) is 2. The van der Waals surface area contributed by atoms with E-state index in [2.05, 4.69) is 47.5 Å². The van der Waals surface area contributed by atoms with Crippen molar-refractivity contribution in [3.8, 4) is 0 Å². The van der Waals surface area contributed by atoms with Crippen LogP contribution in [-0.4, -0.2) is 9.36 Å². The second-order valence-corrected chi connectivity index (χ2v) is 4.89. The molecule has 2 N–H and O–H groups in total. The number of rotatable bonds is 4. The van der Waals surface area contributed by atoms with E-state index in [9.17, 15) is 0 Å². The van der Waals surface area contributed by atoms with Crippen molar-refractivity contribution in [3.05, 3.63) is 41.7 Å². The van der Waals surface area contributed by atoms with Gasteiger partial charge in [-0.25, -0.2) is 4.98 Å². The molecule has 0 aliphatic rings. The maximum absolute atomic E-state index is 5.71. The van der Waals surface area contributed by atoms with Gasteiger partial charge in [0.2, 0.25) is 0 Å². The molecule has 4 heteroatoms. The van der Waals surface area contributed by atoms with Crippen LogP contribution in [0.1, 0.15) is 38.1 Å². The van der Waals surface area contributed by atoms with Crippen molar-refractivity contribution in [2.75, 3.05) is 5.73 Å². The predicted octanol–water partition coefficient (Wildman–Crippen LogP) is 3.23. The highest BCUT2D eigenvalue weighted by atomic mass is 32.1. The molecule has 90 valence electrons. The molecule has 0 amide bonds. The van der Waals surface area contributed by atoms with E-state index in [4.69, 9.17) is 5.73 Å². The fraction of sp³-hybridized carbons (Fsp3) is 0.385. The summed E-state index contributed by atoms with van der Waals surface area (Å²) in [6.07, 6.45) is 1.95. The summed E-state index contributed by atoms with van der Waals surface area (Å²) in [5, 5.41) is 0.544. The van der Waals surface area contributed by atoms with Crippen LogP contribution in [0, 0.1) is 0 Å². The van der Waals surface area contributed by atoms with Crippen LogP contribution in [0.15, 0.2) is 30.3 Å². The highest BCUT2D eigenvalue weighted by Crippen LogP contribution is 2.37. The molecule has 0 fully saturated rings.